The molecule has 0 unspecified atom stereocenters. The number of nitrogens with one attached hydrogen (secondary N) is 2. The second kappa shape index (κ2) is 10.4. The molecule has 0 spiro atoms. The van der Waals surface area contributed by atoms with Gasteiger partial charge in [-0.15, -0.1) is 0 Å². The summed E-state index contributed by atoms with van der Waals surface area (Å²) in [7, 11) is 0. The number of carbonyl (C=O) groups is 1. The average molecular weight is 456 g/mol. The van der Waals surface area contributed by atoms with Crippen LogP contribution in [0.4, 0.5) is 21.7 Å². The van der Waals surface area contributed by atoms with E-state index in [1.54, 1.807) is 30.5 Å². The van der Waals surface area contributed by atoms with Crippen LogP contribution in [0, 0.1) is 5.82 Å². The van der Waals surface area contributed by atoms with Crippen molar-refractivity contribution in [2.24, 2.45) is 0 Å². The van der Waals surface area contributed by atoms with Crippen molar-refractivity contribution in [2.45, 2.75) is 13.0 Å². The van der Waals surface area contributed by atoms with Gasteiger partial charge in [-0.3, -0.25) is 4.79 Å². The second-order valence-electron chi connectivity index (χ2n) is 7.36. The lowest BCUT2D eigenvalue weighted by atomic mass is 10.2. The minimum atomic E-state index is -0.268. The molecule has 1 aromatic carbocycles. The third-order valence-corrected chi connectivity index (χ3v) is 5.22. The molecule has 3 heterocycles. The van der Waals surface area contributed by atoms with E-state index in [1.807, 2.05) is 12.1 Å². The lowest BCUT2D eigenvalue weighted by molar-refractivity contribution is -0.115. The van der Waals surface area contributed by atoms with E-state index in [4.69, 9.17) is 21.3 Å². The molecule has 32 heavy (non-hydrogen) atoms. The number of hydrogen-bond acceptors (Lipinski definition) is 6. The molecule has 2 aromatic heterocycles. The van der Waals surface area contributed by atoms with E-state index in [0.717, 1.165) is 11.1 Å². The molecule has 7 nitrogen and oxygen atoms in total. The number of pyridine rings is 2. The van der Waals surface area contributed by atoms with E-state index >= 15 is 0 Å². The standard InChI is InChI=1S/C23H23ClFN5O2/c24-20-7-3-17(15-26-20)13-22(31)28-19-6-8-21(27-14-16-1-4-18(25)5-2-16)29-23(19)30-9-11-32-12-10-30/h1-8,15H,9-14H2,(H,27,29)(H,28,31). The molecule has 2 N–H and O–H groups in total. The van der Waals surface area contributed by atoms with Gasteiger partial charge in [0.2, 0.25) is 5.91 Å². The van der Waals surface area contributed by atoms with Crippen LogP contribution >= 0.6 is 11.6 Å². The van der Waals surface area contributed by atoms with Crippen molar-refractivity contribution in [3.8, 4) is 0 Å². The number of carbonyl (C=O) groups excluding carboxylic acids is 1. The Labute approximate surface area is 190 Å². The molecule has 0 radical (unpaired) electrons. The van der Waals surface area contributed by atoms with Gasteiger partial charge in [-0.1, -0.05) is 29.8 Å². The van der Waals surface area contributed by atoms with E-state index in [1.165, 1.54) is 12.1 Å². The highest BCUT2D eigenvalue weighted by Gasteiger charge is 2.19. The summed E-state index contributed by atoms with van der Waals surface area (Å²) in [6, 6.07) is 13.4. The van der Waals surface area contributed by atoms with Crippen LogP contribution in [0.3, 0.4) is 0 Å². The van der Waals surface area contributed by atoms with Crippen molar-refractivity contribution >= 4 is 34.8 Å². The molecule has 1 aliphatic rings. The second-order valence-corrected chi connectivity index (χ2v) is 7.75. The SMILES string of the molecule is O=C(Cc1ccc(Cl)nc1)Nc1ccc(NCc2ccc(F)cc2)nc1N1CCOCC1. The van der Waals surface area contributed by atoms with Crippen LogP contribution < -0.4 is 15.5 Å². The van der Waals surface area contributed by atoms with Crippen molar-refractivity contribution < 1.29 is 13.9 Å². The zero-order valence-corrected chi connectivity index (χ0v) is 18.1. The predicted molar refractivity (Wildman–Crippen MR) is 123 cm³/mol. The molecule has 1 amide bonds. The summed E-state index contributed by atoms with van der Waals surface area (Å²) in [5.41, 5.74) is 2.34. The molecule has 1 aliphatic heterocycles. The molecule has 4 rings (SSSR count). The monoisotopic (exact) mass is 455 g/mol. The van der Waals surface area contributed by atoms with E-state index in [0.29, 0.717) is 55.3 Å². The van der Waals surface area contributed by atoms with E-state index < -0.39 is 0 Å². The number of ether oxygens (including phenoxy) is 1. The summed E-state index contributed by atoms with van der Waals surface area (Å²) in [5, 5.41) is 6.61. The number of amides is 1. The quantitative estimate of drug-likeness (QED) is 0.526. The summed E-state index contributed by atoms with van der Waals surface area (Å²) in [5.74, 6) is 0.907. The number of nitrogens with zero attached hydrogens (tertiary/aromatic N) is 3. The smallest absolute Gasteiger partial charge is 0.228 e. The lowest BCUT2D eigenvalue weighted by Crippen LogP contribution is -2.37. The number of hydrogen-bond donors (Lipinski definition) is 2. The first-order valence-electron chi connectivity index (χ1n) is 10.3. The molecular formula is C23H23ClFN5O2. The Bertz CT molecular complexity index is 1060. The van der Waals surface area contributed by atoms with E-state index in [-0.39, 0.29) is 18.1 Å². The van der Waals surface area contributed by atoms with Crippen molar-refractivity contribution in [1.29, 1.82) is 0 Å². The van der Waals surface area contributed by atoms with Crippen molar-refractivity contribution in [3.63, 3.8) is 0 Å². The van der Waals surface area contributed by atoms with Gasteiger partial charge in [-0.25, -0.2) is 14.4 Å². The number of benzene rings is 1. The van der Waals surface area contributed by atoms with Crippen LogP contribution in [0.1, 0.15) is 11.1 Å². The van der Waals surface area contributed by atoms with Crippen molar-refractivity contribution in [1.82, 2.24) is 9.97 Å². The number of halogens is 2. The Morgan fingerprint density at radius 1 is 1.06 bits per heavy atom. The third-order valence-electron chi connectivity index (χ3n) is 5.00. The fourth-order valence-electron chi connectivity index (χ4n) is 3.35. The number of aromatic nitrogens is 2. The Hall–Kier alpha value is -3.23. The number of anilines is 3. The first-order valence-corrected chi connectivity index (χ1v) is 10.7. The largest absolute Gasteiger partial charge is 0.378 e. The van der Waals surface area contributed by atoms with E-state index in [2.05, 4.69) is 20.5 Å². The number of rotatable bonds is 7. The highest BCUT2D eigenvalue weighted by atomic mass is 35.5. The van der Waals surface area contributed by atoms with Crippen LogP contribution in [-0.2, 0) is 22.5 Å². The third kappa shape index (κ3) is 5.93. The van der Waals surface area contributed by atoms with E-state index in [9.17, 15) is 9.18 Å². The molecule has 0 aliphatic carbocycles. The topological polar surface area (TPSA) is 79.4 Å². The molecule has 166 valence electrons. The van der Waals surface area contributed by atoms with Gasteiger partial charge in [0.25, 0.3) is 0 Å². The molecule has 0 bridgehead atoms. The minimum absolute atomic E-state index is 0.169. The normalized spacial score (nSPS) is 13.6. The van der Waals surface area contributed by atoms with Crippen molar-refractivity contribution in [3.05, 3.63) is 76.8 Å². The molecule has 1 fully saturated rings. The molecule has 3 aromatic rings. The maximum absolute atomic E-state index is 13.1. The van der Waals surface area contributed by atoms with Gasteiger partial charge < -0.3 is 20.3 Å². The minimum Gasteiger partial charge on any atom is -0.378 e. The number of morpholine rings is 1. The Kier molecular flexibility index (Phi) is 7.14. The highest BCUT2D eigenvalue weighted by Crippen LogP contribution is 2.27. The van der Waals surface area contributed by atoms with Crippen LogP contribution in [0.15, 0.2) is 54.7 Å². The molecule has 9 heteroatoms. The van der Waals surface area contributed by atoms with Gasteiger partial charge in [0.05, 0.1) is 25.3 Å². The zero-order chi connectivity index (χ0) is 22.3. The summed E-state index contributed by atoms with van der Waals surface area (Å²) in [6.07, 6.45) is 1.77. The van der Waals surface area contributed by atoms with Crippen LogP contribution in [-0.4, -0.2) is 42.2 Å². The van der Waals surface area contributed by atoms with Gasteiger partial charge in [0.1, 0.15) is 16.8 Å². The first kappa shape index (κ1) is 22.0. The van der Waals surface area contributed by atoms with Crippen LogP contribution in [0.5, 0.6) is 0 Å². The van der Waals surface area contributed by atoms with Gasteiger partial charge in [0.15, 0.2) is 5.82 Å². The van der Waals surface area contributed by atoms with Gasteiger partial charge >= 0.3 is 0 Å². The van der Waals surface area contributed by atoms with Crippen LogP contribution in [0.25, 0.3) is 0 Å². The molecular weight excluding hydrogens is 433 g/mol. The lowest BCUT2D eigenvalue weighted by Gasteiger charge is -2.29. The van der Waals surface area contributed by atoms with Crippen molar-refractivity contribution in [2.75, 3.05) is 41.8 Å². The molecule has 0 saturated carbocycles. The summed E-state index contributed by atoms with van der Waals surface area (Å²) < 4.78 is 18.6. The fraction of sp³-hybridized carbons (Fsp3) is 0.261. The maximum atomic E-state index is 13.1. The molecule has 1 saturated heterocycles. The average Bonchev–Trinajstić information content (AvgIpc) is 2.81. The predicted octanol–water partition coefficient (Wildman–Crippen LogP) is 3.90. The maximum Gasteiger partial charge on any atom is 0.228 e. The first-order chi connectivity index (χ1) is 15.6. The van der Waals surface area contributed by atoms with Gasteiger partial charge in [-0.2, -0.15) is 0 Å². The van der Waals surface area contributed by atoms with Gasteiger partial charge in [0, 0.05) is 25.8 Å². The Morgan fingerprint density at radius 3 is 2.53 bits per heavy atom. The zero-order valence-electron chi connectivity index (χ0n) is 17.4. The Morgan fingerprint density at radius 2 is 1.81 bits per heavy atom. The summed E-state index contributed by atoms with van der Waals surface area (Å²) >= 11 is 5.81. The van der Waals surface area contributed by atoms with Gasteiger partial charge in [-0.05, 0) is 41.5 Å². The molecule has 0 atom stereocenters. The summed E-state index contributed by atoms with van der Waals surface area (Å²) in [4.78, 5) is 23.5. The Balaban J connectivity index is 1.49. The fourth-order valence-corrected chi connectivity index (χ4v) is 3.46. The van der Waals surface area contributed by atoms with Crippen LogP contribution in [0.2, 0.25) is 5.15 Å². The summed E-state index contributed by atoms with van der Waals surface area (Å²) in [6.45, 7) is 3.05. The highest BCUT2D eigenvalue weighted by molar-refractivity contribution is 6.29.